The maximum absolute atomic E-state index is 10.8. The molecule has 1 heteroatoms. The van der Waals surface area contributed by atoms with Crippen molar-refractivity contribution in [3.63, 3.8) is 0 Å². The molecule has 1 saturated carbocycles. The van der Waals surface area contributed by atoms with E-state index in [2.05, 4.69) is 45.0 Å². The molecule has 0 spiro atoms. The zero-order valence-corrected chi connectivity index (χ0v) is 12.7. The summed E-state index contributed by atoms with van der Waals surface area (Å²) in [7, 11) is 0. The molecule has 106 valence electrons. The number of aliphatic hydroxyl groups is 1. The second kappa shape index (κ2) is 6.09. The Bertz CT molecular complexity index is 394. The summed E-state index contributed by atoms with van der Waals surface area (Å²) in [5.74, 6) is 0.450. The van der Waals surface area contributed by atoms with Gasteiger partial charge in [-0.05, 0) is 35.3 Å². The summed E-state index contributed by atoms with van der Waals surface area (Å²) in [6.07, 6.45) is 7.31. The molecule has 1 fully saturated rings. The SMILES string of the molecule is CC(C)(C)c1ccccc1C(O)C1CCCCCC1. The first-order valence-electron chi connectivity index (χ1n) is 7.77. The van der Waals surface area contributed by atoms with E-state index in [1.54, 1.807) is 0 Å². The van der Waals surface area contributed by atoms with Crippen LogP contribution in [0.25, 0.3) is 0 Å². The van der Waals surface area contributed by atoms with Crippen LogP contribution in [0.3, 0.4) is 0 Å². The molecule has 1 nitrogen and oxygen atoms in total. The van der Waals surface area contributed by atoms with Gasteiger partial charge in [0, 0.05) is 0 Å². The van der Waals surface area contributed by atoms with E-state index in [-0.39, 0.29) is 11.5 Å². The summed E-state index contributed by atoms with van der Waals surface area (Å²) < 4.78 is 0. The molecule has 0 saturated heterocycles. The van der Waals surface area contributed by atoms with Crippen LogP contribution in [0.15, 0.2) is 24.3 Å². The van der Waals surface area contributed by atoms with Gasteiger partial charge in [0.1, 0.15) is 0 Å². The first kappa shape index (κ1) is 14.6. The van der Waals surface area contributed by atoms with E-state index >= 15 is 0 Å². The summed E-state index contributed by atoms with van der Waals surface area (Å²) in [6, 6.07) is 8.44. The molecule has 0 aromatic heterocycles. The largest absolute Gasteiger partial charge is 0.388 e. The molecule has 1 N–H and O–H groups in total. The first-order valence-corrected chi connectivity index (χ1v) is 7.77. The topological polar surface area (TPSA) is 20.2 Å². The number of hydrogen-bond donors (Lipinski definition) is 1. The van der Waals surface area contributed by atoms with Crippen molar-refractivity contribution in [3.05, 3.63) is 35.4 Å². The number of aliphatic hydroxyl groups excluding tert-OH is 1. The smallest absolute Gasteiger partial charge is 0.0821 e. The van der Waals surface area contributed by atoms with Gasteiger partial charge < -0.3 is 5.11 Å². The fourth-order valence-corrected chi connectivity index (χ4v) is 3.32. The standard InChI is InChI=1S/C18H28O/c1-18(2,3)16-13-9-8-12-15(16)17(19)14-10-6-4-5-7-11-14/h8-9,12-14,17,19H,4-7,10-11H2,1-3H3. The van der Waals surface area contributed by atoms with E-state index in [0.29, 0.717) is 5.92 Å². The van der Waals surface area contributed by atoms with Crippen LogP contribution in [-0.4, -0.2) is 5.11 Å². The van der Waals surface area contributed by atoms with Crippen molar-refractivity contribution < 1.29 is 5.11 Å². The Morgan fingerprint density at radius 1 is 1.00 bits per heavy atom. The predicted molar refractivity (Wildman–Crippen MR) is 81.3 cm³/mol. The molecular formula is C18H28O. The highest BCUT2D eigenvalue weighted by atomic mass is 16.3. The Kier molecular flexibility index (Phi) is 4.67. The molecule has 1 aliphatic carbocycles. The average Bonchev–Trinajstić information content (AvgIpc) is 2.66. The van der Waals surface area contributed by atoms with Crippen molar-refractivity contribution in [2.24, 2.45) is 5.92 Å². The highest BCUT2D eigenvalue weighted by Gasteiger charge is 2.27. The fraction of sp³-hybridized carbons (Fsp3) is 0.667. The Labute approximate surface area is 118 Å². The summed E-state index contributed by atoms with van der Waals surface area (Å²) >= 11 is 0. The van der Waals surface area contributed by atoms with Crippen LogP contribution in [0.4, 0.5) is 0 Å². The molecule has 19 heavy (non-hydrogen) atoms. The lowest BCUT2D eigenvalue weighted by molar-refractivity contribution is 0.0970. The Morgan fingerprint density at radius 3 is 2.16 bits per heavy atom. The van der Waals surface area contributed by atoms with Gasteiger partial charge in [0.2, 0.25) is 0 Å². The molecule has 0 aliphatic heterocycles. The lowest BCUT2D eigenvalue weighted by atomic mass is 9.79. The zero-order chi connectivity index (χ0) is 13.9. The van der Waals surface area contributed by atoms with Crippen LogP contribution in [0.1, 0.15) is 76.5 Å². The van der Waals surface area contributed by atoms with Gasteiger partial charge in [0.05, 0.1) is 6.10 Å². The van der Waals surface area contributed by atoms with E-state index in [1.165, 1.54) is 44.1 Å². The fourth-order valence-electron chi connectivity index (χ4n) is 3.32. The van der Waals surface area contributed by atoms with Gasteiger partial charge in [0.25, 0.3) is 0 Å². The lowest BCUT2D eigenvalue weighted by Crippen LogP contribution is -2.20. The normalized spacial score (nSPS) is 20.0. The van der Waals surface area contributed by atoms with Crippen molar-refractivity contribution in [2.75, 3.05) is 0 Å². The van der Waals surface area contributed by atoms with Gasteiger partial charge in [-0.1, -0.05) is 70.7 Å². The monoisotopic (exact) mass is 260 g/mol. The third-order valence-electron chi connectivity index (χ3n) is 4.43. The first-order chi connectivity index (χ1) is 9.00. The van der Waals surface area contributed by atoms with E-state index in [9.17, 15) is 5.11 Å². The summed E-state index contributed by atoms with van der Waals surface area (Å²) in [5.41, 5.74) is 2.55. The van der Waals surface area contributed by atoms with Crippen molar-refractivity contribution in [3.8, 4) is 0 Å². The molecule has 0 heterocycles. The lowest BCUT2D eigenvalue weighted by Gasteiger charge is -2.29. The highest BCUT2D eigenvalue weighted by Crippen LogP contribution is 2.37. The minimum Gasteiger partial charge on any atom is -0.388 e. The van der Waals surface area contributed by atoms with Gasteiger partial charge in [-0.15, -0.1) is 0 Å². The van der Waals surface area contributed by atoms with Crippen LogP contribution in [0.2, 0.25) is 0 Å². The van der Waals surface area contributed by atoms with Crippen LogP contribution < -0.4 is 0 Å². The molecule has 1 aliphatic rings. The Balaban J connectivity index is 2.25. The highest BCUT2D eigenvalue weighted by molar-refractivity contribution is 5.34. The summed E-state index contributed by atoms with van der Waals surface area (Å²) in [6.45, 7) is 6.68. The minimum absolute atomic E-state index is 0.0995. The number of benzene rings is 1. The van der Waals surface area contributed by atoms with Crippen LogP contribution in [0.5, 0.6) is 0 Å². The third-order valence-corrected chi connectivity index (χ3v) is 4.43. The maximum atomic E-state index is 10.8. The van der Waals surface area contributed by atoms with E-state index in [1.807, 2.05) is 0 Å². The van der Waals surface area contributed by atoms with Crippen molar-refractivity contribution in [2.45, 2.75) is 70.8 Å². The molecule has 2 rings (SSSR count). The van der Waals surface area contributed by atoms with Gasteiger partial charge in [-0.3, -0.25) is 0 Å². The number of hydrogen-bond acceptors (Lipinski definition) is 1. The van der Waals surface area contributed by atoms with Gasteiger partial charge >= 0.3 is 0 Å². The van der Waals surface area contributed by atoms with E-state index < -0.39 is 0 Å². The Hall–Kier alpha value is -0.820. The average molecular weight is 260 g/mol. The molecule has 0 bridgehead atoms. The second-order valence-electron chi connectivity index (χ2n) is 7.03. The third kappa shape index (κ3) is 3.60. The van der Waals surface area contributed by atoms with Gasteiger partial charge in [-0.25, -0.2) is 0 Å². The van der Waals surface area contributed by atoms with Crippen LogP contribution in [-0.2, 0) is 5.41 Å². The predicted octanol–water partition coefficient (Wildman–Crippen LogP) is 4.99. The zero-order valence-electron chi connectivity index (χ0n) is 12.7. The van der Waals surface area contributed by atoms with Crippen molar-refractivity contribution in [1.82, 2.24) is 0 Å². The van der Waals surface area contributed by atoms with Crippen molar-refractivity contribution >= 4 is 0 Å². The molecule has 0 amide bonds. The Morgan fingerprint density at radius 2 is 1.58 bits per heavy atom. The van der Waals surface area contributed by atoms with Gasteiger partial charge in [0.15, 0.2) is 0 Å². The quantitative estimate of drug-likeness (QED) is 0.743. The molecule has 1 atom stereocenters. The molecule has 1 unspecified atom stereocenters. The van der Waals surface area contributed by atoms with E-state index in [0.717, 1.165) is 5.56 Å². The van der Waals surface area contributed by atoms with Crippen molar-refractivity contribution in [1.29, 1.82) is 0 Å². The van der Waals surface area contributed by atoms with Crippen LogP contribution in [0, 0.1) is 5.92 Å². The van der Waals surface area contributed by atoms with Crippen LogP contribution >= 0.6 is 0 Å². The summed E-state index contributed by atoms with van der Waals surface area (Å²) in [5, 5.41) is 10.8. The molecule has 1 aromatic rings. The van der Waals surface area contributed by atoms with Gasteiger partial charge in [-0.2, -0.15) is 0 Å². The van der Waals surface area contributed by atoms with E-state index in [4.69, 9.17) is 0 Å². The minimum atomic E-state index is -0.284. The molecule has 1 aromatic carbocycles. The maximum Gasteiger partial charge on any atom is 0.0821 e. The molecular weight excluding hydrogens is 232 g/mol. The number of rotatable bonds is 2. The summed E-state index contributed by atoms with van der Waals surface area (Å²) in [4.78, 5) is 0. The second-order valence-corrected chi connectivity index (χ2v) is 7.03. The molecule has 0 radical (unpaired) electrons.